The first-order valence-electron chi connectivity index (χ1n) is 0.408. The molecule has 2 nitrogen and oxygen atoms in total. The summed E-state index contributed by atoms with van der Waals surface area (Å²) in [5, 5.41) is 0. The molecule has 0 bridgehead atoms. The third kappa shape index (κ3) is 12.4. The monoisotopic (exact) mass is 184 g/mol. The van der Waals surface area contributed by atoms with Gasteiger partial charge in [0, 0.05) is 0 Å². The molecule has 4 heavy (non-hydrogen) atoms. The topological polar surface area (TPSA) is 34.1 Å². The van der Waals surface area contributed by atoms with E-state index in [0.29, 0.717) is 0 Å². The van der Waals surface area contributed by atoms with Gasteiger partial charge in [-0.25, -0.2) is 0 Å². The van der Waals surface area contributed by atoms with Gasteiger partial charge >= 0.3 is 55.0 Å². The van der Waals surface area contributed by atoms with E-state index in [1.165, 1.54) is 0 Å². The number of carbonyl (C=O) groups excluding carboxylic acids is 2. The molecule has 0 aliphatic carbocycles. The molecule has 3 heteroatoms. The molecule has 0 heterocycles. The average molecular weight is 183 g/mol. The van der Waals surface area contributed by atoms with Crippen LogP contribution in [0.15, 0.2) is 0 Å². The van der Waals surface area contributed by atoms with Gasteiger partial charge in [0.25, 0.3) is 0 Å². The van der Waals surface area contributed by atoms with E-state index in [4.69, 9.17) is 9.59 Å². The van der Waals surface area contributed by atoms with E-state index in [9.17, 15) is 0 Å². The van der Waals surface area contributed by atoms with Gasteiger partial charge < -0.3 is 0 Å². The predicted octanol–water partition coefficient (Wildman–Crippen LogP) is -1.50. The Morgan fingerprint density at radius 2 is 1.25 bits per heavy atom. The molecule has 0 atom stereocenters. The first-order chi connectivity index (χ1) is 1.41. The van der Waals surface area contributed by atoms with E-state index in [0.717, 1.165) is 0 Å². The quantitative estimate of drug-likeness (QED) is 0.428. The third-order valence-electron chi connectivity index (χ3n) is 0. The number of hydrogen-bond donors (Lipinski definition) is 0. The molecule has 0 saturated heterocycles. The van der Waals surface area contributed by atoms with Crippen molar-refractivity contribution in [3.63, 3.8) is 0 Å². The fraction of sp³-hybridized carbons (Fsp3) is 0. The SMILES string of the molecule is O=C=O.[BaH2]. The zero-order chi connectivity index (χ0) is 2.71. The Labute approximate surface area is 63.6 Å². The van der Waals surface area contributed by atoms with Gasteiger partial charge in [-0.05, 0) is 0 Å². The second-order valence-corrected chi connectivity index (χ2v) is 0.0833. The second-order valence-electron chi connectivity index (χ2n) is 0.0833. The van der Waals surface area contributed by atoms with Crippen molar-refractivity contribution in [3.05, 3.63) is 0 Å². The van der Waals surface area contributed by atoms with Gasteiger partial charge in [0.2, 0.25) is 0 Å². The zero-order valence-electron chi connectivity index (χ0n) is 1.32. The Balaban J connectivity index is 0. The van der Waals surface area contributed by atoms with Gasteiger partial charge in [-0.15, -0.1) is 0 Å². The van der Waals surface area contributed by atoms with E-state index in [-0.39, 0.29) is 55.0 Å². The van der Waals surface area contributed by atoms with E-state index in [1.807, 2.05) is 0 Å². The van der Waals surface area contributed by atoms with Crippen molar-refractivity contribution < 1.29 is 9.59 Å². The molecule has 0 aliphatic rings. The van der Waals surface area contributed by atoms with E-state index >= 15 is 0 Å². The molecule has 0 N–H and O–H groups in total. The van der Waals surface area contributed by atoms with Crippen molar-refractivity contribution in [2.45, 2.75) is 0 Å². The maximum atomic E-state index is 8.12. The Morgan fingerprint density at radius 1 is 1.25 bits per heavy atom. The molecule has 20 valence electrons. The van der Waals surface area contributed by atoms with Crippen LogP contribution in [0.1, 0.15) is 0 Å². The van der Waals surface area contributed by atoms with E-state index in [2.05, 4.69) is 0 Å². The van der Waals surface area contributed by atoms with Crippen molar-refractivity contribution in [3.8, 4) is 0 Å². The van der Waals surface area contributed by atoms with Crippen molar-refractivity contribution >= 4 is 55.0 Å². The van der Waals surface area contributed by atoms with Crippen LogP contribution >= 0.6 is 0 Å². The molecule has 0 rings (SSSR count). The Kier molecular flexibility index (Phi) is 20.1. The number of hydrogen-bond acceptors (Lipinski definition) is 2. The van der Waals surface area contributed by atoms with Gasteiger partial charge in [-0.3, -0.25) is 0 Å². The molecule has 0 radical (unpaired) electrons. The normalized spacial score (nSPS) is 2.00. The van der Waals surface area contributed by atoms with E-state index < -0.39 is 0 Å². The molecule has 0 unspecified atom stereocenters. The molecule has 0 spiro atoms. The summed E-state index contributed by atoms with van der Waals surface area (Å²) in [4.78, 5) is 16.2. The van der Waals surface area contributed by atoms with Crippen LogP contribution in [0.3, 0.4) is 0 Å². The molecule has 0 aromatic heterocycles. The molecular weight excluding hydrogens is 181 g/mol. The Bertz CT molecular complexity index is 27.0. The van der Waals surface area contributed by atoms with Gasteiger partial charge in [-0.1, -0.05) is 0 Å². The summed E-state index contributed by atoms with van der Waals surface area (Å²) >= 11 is 0. The van der Waals surface area contributed by atoms with Crippen LogP contribution in [-0.4, -0.2) is 55.0 Å². The van der Waals surface area contributed by atoms with Crippen LogP contribution in [-0.2, 0) is 9.59 Å². The molecule has 0 aliphatic heterocycles. The fourth-order valence-corrected chi connectivity index (χ4v) is 0. The van der Waals surface area contributed by atoms with Crippen molar-refractivity contribution in [2.75, 3.05) is 0 Å². The fourth-order valence-electron chi connectivity index (χ4n) is 0. The number of rotatable bonds is 0. The summed E-state index contributed by atoms with van der Waals surface area (Å²) in [6.45, 7) is 0. The van der Waals surface area contributed by atoms with Gasteiger partial charge in [0.05, 0.1) is 0 Å². The third-order valence-corrected chi connectivity index (χ3v) is 0. The van der Waals surface area contributed by atoms with Crippen LogP contribution in [0.5, 0.6) is 0 Å². The van der Waals surface area contributed by atoms with Crippen molar-refractivity contribution in [1.82, 2.24) is 0 Å². The van der Waals surface area contributed by atoms with E-state index in [1.54, 1.807) is 0 Å². The standard InChI is InChI=1S/CO2.Ba.2H/c2-1-3;;;. The van der Waals surface area contributed by atoms with Crippen molar-refractivity contribution in [1.29, 1.82) is 0 Å². The average Bonchev–Trinajstić information content (AvgIpc) is 0.918. The van der Waals surface area contributed by atoms with Gasteiger partial charge in [0.15, 0.2) is 0 Å². The summed E-state index contributed by atoms with van der Waals surface area (Å²) in [7, 11) is 0. The predicted molar refractivity (Wildman–Crippen MR) is 13.6 cm³/mol. The zero-order valence-corrected chi connectivity index (χ0v) is 1.32. The van der Waals surface area contributed by atoms with Gasteiger partial charge in [-0.2, -0.15) is 9.59 Å². The second kappa shape index (κ2) is 9.04. The van der Waals surface area contributed by atoms with Crippen LogP contribution < -0.4 is 0 Å². The minimum absolute atomic E-state index is 0. The summed E-state index contributed by atoms with van der Waals surface area (Å²) in [5.41, 5.74) is 0. The molecule has 0 aromatic rings. The van der Waals surface area contributed by atoms with Crippen LogP contribution in [0, 0.1) is 0 Å². The Morgan fingerprint density at radius 3 is 1.25 bits per heavy atom. The van der Waals surface area contributed by atoms with Gasteiger partial charge in [0.1, 0.15) is 0 Å². The van der Waals surface area contributed by atoms with Crippen LogP contribution in [0.25, 0.3) is 0 Å². The van der Waals surface area contributed by atoms with Crippen LogP contribution in [0.2, 0.25) is 0 Å². The summed E-state index contributed by atoms with van der Waals surface area (Å²) < 4.78 is 0. The first kappa shape index (κ1) is 8.88. The molecular formula is CH2BaO2. The van der Waals surface area contributed by atoms with Crippen molar-refractivity contribution in [2.24, 2.45) is 0 Å². The molecule has 0 saturated carbocycles. The summed E-state index contributed by atoms with van der Waals surface area (Å²) in [5.74, 6) is 0. The minimum atomic E-state index is 0. The van der Waals surface area contributed by atoms with Crippen LogP contribution in [0.4, 0.5) is 0 Å². The first-order valence-corrected chi connectivity index (χ1v) is 0.408. The summed E-state index contributed by atoms with van der Waals surface area (Å²) in [6.07, 6.45) is 0.250. The Hall–Kier alpha value is 0.951. The maximum absolute atomic E-state index is 8.12. The molecule has 0 fully saturated rings. The molecule has 0 aromatic carbocycles. The summed E-state index contributed by atoms with van der Waals surface area (Å²) in [6, 6.07) is 0. The molecule has 0 amide bonds.